The molecule has 0 amide bonds. The maximum absolute atomic E-state index is 10.8. The molecule has 14 heavy (non-hydrogen) atoms. The van der Waals surface area contributed by atoms with Crippen molar-refractivity contribution in [2.75, 3.05) is 0 Å². The Morgan fingerprint density at radius 3 is 2.50 bits per heavy atom. The van der Waals surface area contributed by atoms with Gasteiger partial charge in [-0.25, -0.2) is 0 Å². The molecule has 1 heterocycles. The molecule has 0 aliphatic heterocycles. The van der Waals surface area contributed by atoms with Crippen molar-refractivity contribution in [2.24, 2.45) is 0 Å². The van der Waals surface area contributed by atoms with Crippen molar-refractivity contribution in [3.05, 3.63) is 36.5 Å². The first kappa shape index (κ1) is 11.7. The second-order valence-corrected chi connectivity index (χ2v) is 3.48. The first-order valence-corrected chi connectivity index (χ1v) is 4.79. The molecule has 0 unspecified atom stereocenters. The van der Waals surface area contributed by atoms with Crippen LogP contribution in [0, 0.1) is 0 Å². The van der Waals surface area contributed by atoms with Gasteiger partial charge in [0.2, 0.25) is 0 Å². The minimum atomic E-state index is -2.22. The van der Waals surface area contributed by atoms with Crippen LogP contribution >= 0.6 is 0 Å². The molecule has 0 radical (unpaired) electrons. The van der Waals surface area contributed by atoms with Gasteiger partial charge in [0, 0.05) is 6.20 Å². The number of hydrogen-bond donors (Lipinski definition) is 0. The molecule has 1 aromatic heterocycles. The van der Waals surface area contributed by atoms with Gasteiger partial charge in [0.25, 0.3) is 0 Å². The van der Waals surface area contributed by atoms with E-state index in [0.717, 1.165) is 5.39 Å². The van der Waals surface area contributed by atoms with Crippen LogP contribution in [0.1, 0.15) is 0 Å². The average molecular weight is 215 g/mol. The summed E-state index contributed by atoms with van der Waals surface area (Å²) in [5.41, 5.74) is 0.526. The molecule has 0 bridgehead atoms. The summed E-state index contributed by atoms with van der Waals surface area (Å²) in [5, 5.41) is 0.837. The Kier molecular flexibility index (Phi) is 4.07. The van der Waals surface area contributed by atoms with Crippen molar-refractivity contribution < 1.29 is 38.0 Å². The van der Waals surface area contributed by atoms with E-state index in [4.69, 9.17) is 0 Å². The topological polar surface area (TPSA) is 47.0 Å². The van der Waals surface area contributed by atoms with Crippen LogP contribution in [0.25, 0.3) is 10.9 Å². The van der Waals surface area contributed by atoms with E-state index >= 15 is 0 Å². The monoisotopic (exact) mass is 215 g/mol. The van der Waals surface area contributed by atoms with Gasteiger partial charge in [-0.1, -0.05) is 29.2 Å². The summed E-state index contributed by atoms with van der Waals surface area (Å²) in [4.78, 5) is 4.26. The fourth-order valence-corrected chi connectivity index (χ4v) is 1.73. The Balaban J connectivity index is 0.000000980. The summed E-state index contributed by atoms with van der Waals surface area (Å²) in [6, 6.07) is 8.69. The van der Waals surface area contributed by atoms with Gasteiger partial charge in [-0.3, -0.25) is 4.98 Å². The van der Waals surface area contributed by atoms with Gasteiger partial charge in [-0.05, 0) is 22.2 Å². The van der Waals surface area contributed by atoms with Crippen molar-refractivity contribution in [1.82, 2.24) is 4.98 Å². The zero-order chi connectivity index (χ0) is 9.26. The molecule has 0 spiro atoms. The molecule has 3 nitrogen and oxygen atoms in total. The fourth-order valence-electron chi connectivity index (χ4n) is 1.21. The zero-order valence-corrected chi connectivity index (χ0v) is 10.5. The molecule has 0 fully saturated rings. The molecule has 2 rings (SSSR count). The van der Waals surface area contributed by atoms with Crippen molar-refractivity contribution in [1.29, 1.82) is 0 Å². The summed E-state index contributed by atoms with van der Waals surface area (Å²) < 4.78 is 21.5. The molecule has 5 heteroatoms. The van der Waals surface area contributed by atoms with Gasteiger partial charge < -0.3 is 8.42 Å². The van der Waals surface area contributed by atoms with Gasteiger partial charge in [-0.2, -0.15) is 0 Å². The average Bonchev–Trinajstić information content (AvgIpc) is 2.17. The number of aromatic nitrogens is 1. The van der Waals surface area contributed by atoms with Crippen LogP contribution in [0.2, 0.25) is 0 Å². The number of fused-ring (bicyclic) bond motifs is 1. The Labute approximate surface area is 105 Å². The van der Waals surface area contributed by atoms with Crippen LogP contribution in [-0.4, -0.2) is 4.98 Å². The molecular weight excluding hydrogens is 209 g/mol. The first-order valence-electron chi connectivity index (χ1n) is 3.72. The number of rotatable bonds is 1. The van der Waals surface area contributed by atoms with Crippen LogP contribution in [-0.2, 0) is 19.1 Å². The molecule has 2 aromatic rings. The smallest absolute Gasteiger partial charge is 0.420 e. The second-order valence-electron chi connectivity index (χ2n) is 2.57. The van der Waals surface area contributed by atoms with Crippen LogP contribution in [0.3, 0.4) is 0 Å². The van der Waals surface area contributed by atoms with E-state index in [1.165, 1.54) is 0 Å². The molecule has 0 aliphatic carbocycles. The summed E-state index contributed by atoms with van der Waals surface area (Å²) in [7, 11) is -2.22. The maximum atomic E-state index is 10.8. The van der Waals surface area contributed by atoms with Gasteiger partial charge in [0.05, 0.1) is 5.52 Å². The van der Waals surface area contributed by atoms with Crippen molar-refractivity contribution in [2.45, 2.75) is 4.90 Å². The molecule has 0 atom stereocenters. The molecule has 1 aromatic carbocycles. The summed E-state index contributed by atoms with van der Waals surface area (Å²) in [6.45, 7) is 0. The maximum Gasteiger partial charge on any atom is 1.00 e. The SMILES string of the molecule is O=[S-](=O)c1cccc2cccnc12.[Na+]. The Hall–Kier alpha value is -0.420. The van der Waals surface area contributed by atoms with E-state index in [2.05, 4.69) is 4.98 Å². The third kappa shape index (κ3) is 2.15. The molecular formula is C9H6NNaO2S. The van der Waals surface area contributed by atoms with E-state index in [9.17, 15) is 8.42 Å². The van der Waals surface area contributed by atoms with Crippen LogP contribution in [0.5, 0.6) is 0 Å². The van der Waals surface area contributed by atoms with E-state index in [0.29, 0.717) is 5.52 Å². The third-order valence-corrected chi connectivity index (χ3v) is 2.46. The minimum absolute atomic E-state index is 0. The molecule has 0 N–H and O–H groups in total. The van der Waals surface area contributed by atoms with Gasteiger partial charge in [-0.15, -0.1) is 0 Å². The Morgan fingerprint density at radius 1 is 1.07 bits per heavy atom. The molecule has 66 valence electrons. The number of benzene rings is 1. The predicted molar refractivity (Wildman–Crippen MR) is 48.7 cm³/mol. The van der Waals surface area contributed by atoms with E-state index < -0.39 is 10.7 Å². The summed E-state index contributed by atoms with van der Waals surface area (Å²) >= 11 is 0. The van der Waals surface area contributed by atoms with Gasteiger partial charge in [0.1, 0.15) is 0 Å². The predicted octanol–water partition coefficient (Wildman–Crippen LogP) is -1.09. The zero-order valence-electron chi connectivity index (χ0n) is 7.64. The normalized spacial score (nSPS) is 10.1. The quantitative estimate of drug-likeness (QED) is 0.448. The van der Waals surface area contributed by atoms with Crippen LogP contribution in [0.15, 0.2) is 41.4 Å². The largest absolute Gasteiger partial charge is 1.00 e. The number of para-hydroxylation sites is 1. The van der Waals surface area contributed by atoms with Gasteiger partial charge in [0.15, 0.2) is 0 Å². The number of hydrogen-bond acceptors (Lipinski definition) is 4. The van der Waals surface area contributed by atoms with E-state index in [1.807, 2.05) is 12.1 Å². The Morgan fingerprint density at radius 2 is 1.79 bits per heavy atom. The fraction of sp³-hybridized carbons (Fsp3) is 0. The first-order chi connectivity index (χ1) is 6.29. The molecule has 0 aliphatic rings. The minimum Gasteiger partial charge on any atom is -0.420 e. The standard InChI is InChI=1S/C9H6NO2S.Na/c11-13(12)8-5-1-3-7-4-2-6-10-9(7)8;/h1-6H;/q-1;+1. The number of pyridine rings is 1. The van der Waals surface area contributed by atoms with Crippen molar-refractivity contribution in [3.8, 4) is 0 Å². The molecule has 0 saturated heterocycles. The second kappa shape index (κ2) is 4.89. The van der Waals surface area contributed by atoms with Crippen molar-refractivity contribution >= 4 is 21.6 Å². The van der Waals surface area contributed by atoms with E-state index in [-0.39, 0.29) is 34.5 Å². The Bertz CT molecular complexity index is 512. The summed E-state index contributed by atoms with van der Waals surface area (Å²) in [5.74, 6) is 0. The van der Waals surface area contributed by atoms with Crippen molar-refractivity contribution in [3.63, 3.8) is 0 Å². The number of nitrogens with zero attached hydrogens (tertiary/aromatic N) is 1. The molecule has 0 saturated carbocycles. The van der Waals surface area contributed by atoms with Gasteiger partial charge >= 0.3 is 29.6 Å². The van der Waals surface area contributed by atoms with E-state index in [1.54, 1.807) is 24.4 Å². The third-order valence-electron chi connectivity index (χ3n) is 1.78. The van der Waals surface area contributed by atoms with Crippen LogP contribution in [0.4, 0.5) is 0 Å². The van der Waals surface area contributed by atoms with Crippen LogP contribution < -0.4 is 29.6 Å². The summed E-state index contributed by atoms with van der Waals surface area (Å²) in [6.07, 6.45) is 1.58.